The third-order valence-electron chi connectivity index (χ3n) is 2.86. The number of para-hydroxylation sites is 1. The number of phenolic OH excluding ortho intramolecular Hbond substituents is 1. The van der Waals surface area contributed by atoms with Gasteiger partial charge in [-0.2, -0.15) is 5.10 Å². The first kappa shape index (κ1) is 15.2. The zero-order chi connectivity index (χ0) is 15.9. The summed E-state index contributed by atoms with van der Waals surface area (Å²) in [5, 5.41) is 13.3. The lowest BCUT2D eigenvalue weighted by molar-refractivity contribution is 0.0600. The zero-order valence-electron chi connectivity index (χ0n) is 11.8. The normalized spacial score (nSPS) is 10.4. The van der Waals surface area contributed by atoms with Gasteiger partial charge in [0.15, 0.2) is 0 Å². The van der Waals surface area contributed by atoms with Crippen LogP contribution in [0.1, 0.15) is 26.3 Å². The van der Waals surface area contributed by atoms with Crippen LogP contribution in [0.25, 0.3) is 0 Å². The van der Waals surface area contributed by atoms with E-state index in [-0.39, 0.29) is 11.3 Å². The molecule has 2 aromatic carbocycles. The van der Waals surface area contributed by atoms with E-state index >= 15 is 0 Å². The summed E-state index contributed by atoms with van der Waals surface area (Å²) in [6.45, 7) is 0. The van der Waals surface area contributed by atoms with Crippen molar-refractivity contribution < 1.29 is 19.4 Å². The summed E-state index contributed by atoms with van der Waals surface area (Å²) in [6, 6.07) is 12.7. The van der Waals surface area contributed by atoms with Crippen LogP contribution in [0.2, 0.25) is 0 Å². The van der Waals surface area contributed by atoms with E-state index in [2.05, 4.69) is 15.3 Å². The van der Waals surface area contributed by atoms with Crippen LogP contribution in [0.15, 0.2) is 53.6 Å². The molecule has 0 radical (unpaired) electrons. The number of hydrogen-bond donors (Lipinski definition) is 2. The van der Waals surface area contributed by atoms with Crippen LogP contribution in [0, 0.1) is 0 Å². The van der Waals surface area contributed by atoms with Crippen LogP contribution in [-0.4, -0.2) is 30.3 Å². The van der Waals surface area contributed by atoms with Gasteiger partial charge >= 0.3 is 5.97 Å². The Bertz CT molecular complexity index is 708. The maximum atomic E-state index is 11.8. The van der Waals surface area contributed by atoms with Crippen LogP contribution in [0.3, 0.4) is 0 Å². The number of rotatable bonds is 4. The summed E-state index contributed by atoms with van der Waals surface area (Å²) in [6.07, 6.45) is 1.43. The van der Waals surface area contributed by atoms with E-state index in [1.165, 1.54) is 25.5 Å². The number of esters is 1. The molecule has 0 aromatic heterocycles. The van der Waals surface area contributed by atoms with Crippen molar-refractivity contribution in [2.45, 2.75) is 0 Å². The minimum atomic E-state index is -0.513. The highest BCUT2D eigenvalue weighted by molar-refractivity contribution is 5.97. The summed E-state index contributed by atoms with van der Waals surface area (Å²) in [4.78, 5) is 23.1. The van der Waals surface area contributed by atoms with Crippen LogP contribution >= 0.6 is 0 Å². The number of carbonyl (C=O) groups is 2. The highest BCUT2D eigenvalue weighted by atomic mass is 16.5. The number of nitrogens with one attached hydrogen (secondary N) is 1. The highest BCUT2D eigenvalue weighted by Crippen LogP contribution is 2.14. The first-order chi connectivity index (χ1) is 10.6. The molecule has 2 N–H and O–H groups in total. The molecular formula is C16H14N2O4. The molecule has 2 aromatic rings. The molecule has 0 aliphatic carbocycles. The van der Waals surface area contributed by atoms with E-state index in [0.29, 0.717) is 11.1 Å². The second kappa shape index (κ2) is 7.03. The minimum absolute atomic E-state index is 0.113. The Labute approximate surface area is 127 Å². The van der Waals surface area contributed by atoms with Crippen molar-refractivity contribution in [2.75, 3.05) is 7.11 Å². The standard InChI is InChI=1S/C16H14N2O4/c1-22-16(21)12-8-6-11(7-9-12)10-17-18-15(20)13-4-2-3-5-14(13)19/h2-10,19H,1H3,(H,18,20). The van der Waals surface area contributed by atoms with Gasteiger partial charge in [0.2, 0.25) is 0 Å². The molecule has 1 amide bonds. The zero-order valence-corrected chi connectivity index (χ0v) is 11.8. The Hall–Kier alpha value is -3.15. The number of hydrogen-bond acceptors (Lipinski definition) is 5. The van der Waals surface area contributed by atoms with Crippen LogP contribution in [-0.2, 0) is 4.74 Å². The van der Waals surface area contributed by atoms with Crippen molar-refractivity contribution in [3.8, 4) is 5.75 Å². The third kappa shape index (κ3) is 3.69. The second-order valence-corrected chi connectivity index (χ2v) is 4.33. The maximum absolute atomic E-state index is 11.8. The number of methoxy groups -OCH3 is 1. The monoisotopic (exact) mass is 298 g/mol. The van der Waals surface area contributed by atoms with Crippen LogP contribution < -0.4 is 5.43 Å². The molecule has 0 saturated carbocycles. The highest BCUT2D eigenvalue weighted by Gasteiger charge is 2.08. The molecule has 0 spiro atoms. The summed E-state index contributed by atoms with van der Waals surface area (Å²) in [5.74, 6) is -1.05. The van der Waals surface area contributed by atoms with Gasteiger partial charge in [0.1, 0.15) is 5.75 Å². The molecule has 0 aliphatic heterocycles. The fraction of sp³-hybridized carbons (Fsp3) is 0.0625. The first-order valence-corrected chi connectivity index (χ1v) is 6.41. The number of hydrazone groups is 1. The number of benzene rings is 2. The van der Waals surface area contributed by atoms with E-state index in [1.807, 2.05) is 0 Å². The molecule has 112 valence electrons. The van der Waals surface area contributed by atoms with Gasteiger partial charge in [-0.25, -0.2) is 10.2 Å². The number of amides is 1. The van der Waals surface area contributed by atoms with E-state index in [9.17, 15) is 14.7 Å². The molecule has 22 heavy (non-hydrogen) atoms. The van der Waals surface area contributed by atoms with Gasteiger partial charge < -0.3 is 9.84 Å². The summed E-state index contributed by atoms with van der Waals surface area (Å²) in [5.41, 5.74) is 3.58. The average Bonchev–Trinajstić information content (AvgIpc) is 2.55. The number of phenols is 1. The molecule has 0 atom stereocenters. The SMILES string of the molecule is COC(=O)c1ccc(C=NNC(=O)c2ccccc2O)cc1. The lowest BCUT2D eigenvalue weighted by atomic mass is 10.1. The first-order valence-electron chi connectivity index (χ1n) is 6.41. The van der Waals surface area contributed by atoms with Gasteiger partial charge in [-0.05, 0) is 29.8 Å². The molecule has 0 bridgehead atoms. The number of nitrogens with zero attached hydrogens (tertiary/aromatic N) is 1. The van der Waals surface area contributed by atoms with Gasteiger partial charge in [0.25, 0.3) is 5.91 Å². The fourth-order valence-corrected chi connectivity index (χ4v) is 1.71. The fourth-order valence-electron chi connectivity index (χ4n) is 1.71. The number of ether oxygens (including phenoxy) is 1. The third-order valence-corrected chi connectivity index (χ3v) is 2.86. The van der Waals surface area contributed by atoms with Crippen molar-refractivity contribution >= 4 is 18.1 Å². The van der Waals surface area contributed by atoms with E-state index in [4.69, 9.17) is 0 Å². The molecular weight excluding hydrogens is 284 g/mol. The number of aromatic hydroxyl groups is 1. The summed E-state index contributed by atoms with van der Waals surface area (Å²) in [7, 11) is 1.31. The molecule has 2 rings (SSSR count). The Morgan fingerprint density at radius 3 is 2.45 bits per heavy atom. The second-order valence-electron chi connectivity index (χ2n) is 4.33. The van der Waals surface area contributed by atoms with Crippen molar-refractivity contribution in [1.29, 1.82) is 0 Å². The van der Waals surface area contributed by atoms with Crippen molar-refractivity contribution in [1.82, 2.24) is 5.43 Å². The van der Waals surface area contributed by atoms with Crippen molar-refractivity contribution in [3.63, 3.8) is 0 Å². The van der Waals surface area contributed by atoms with Crippen molar-refractivity contribution in [2.24, 2.45) is 5.10 Å². The lowest BCUT2D eigenvalue weighted by Crippen LogP contribution is -2.17. The van der Waals surface area contributed by atoms with E-state index in [0.717, 1.165) is 0 Å². The van der Waals surface area contributed by atoms with Gasteiger partial charge in [-0.15, -0.1) is 0 Å². The molecule has 6 heteroatoms. The Balaban J connectivity index is 1.99. The smallest absolute Gasteiger partial charge is 0.337 e. The molecule has 0 fully saturated rings. The molecule has 0 heterocycles. The van der Waals surface area contributed by atoms with E-state index < -0.39 is 11.9 Å². The molecule has 0 saturated heterocycles. The largest absolute Gasteiger partial charge is 0.507 e. The number of carbonyl (C=O) groups excluding carboxylic acids is 2. The summed E-state index contributed by atoms with van der Waals surface area (Å²) < 4.78 is 4.60. The van der Waals surface area contributed by atoms with Gasteiger partial charge in [-0.1, -0.05) is 24.3 Å². The molecule has 0 unspecified atom stereocenters. The average molecular weight is 298 g/mol. The van der Waals surface area contributed by atoms with Crippen LogP contribution in [0.4, 0.5) is 0 Å². The predicted molar refractivity (Wildman–Crippen MR) is 80.9 cm³/mol. The van der Waals surface area contributed by atoms with Crippen molar-refractivity contribution in [3.05, 3.63) is 65.2 Å². The topological polar surface area (TPSA) is 88.0 Å². The van der Waals surface area contributed by atoms with Crippen LogP contribution in [0.5, 0.6) is 5.75 Å². The Kier molecular flexibility index (Phi) is 4.87. The van der Waals surface area contributed by atoms with Gasteiger partial charge in [-0.3, -0.25) is 4.79 Å². The quantitative estimate of drug-likeness (QED) is 0.513. The molecule has 6 nitrogen and oxygen atoms in total. The van der Waals surface area contributed by atoms with Gasteiger partial charge in [0.05, 0.1) is 24.5 Å². The summed E-state index contributed by atoms with van der Waals surface area (Å²) >= 11 is 0. The minimum Gasteiger partial charge on any atom is -0.507 e. The Morgan fingerprint density at radius 1 is 1.14 bits per heavy atom. The molecule has 0 aliphatic rings. The Morgan fingerprint density at radius 2 is 1.82 bits per heavy atom. The lowest BCUT2D eigenvalue weighted by Gasteiger charge is -2.02. The van der Waals surface area contributed by atoms with Gasteiger partial charge in [0, 0.05) is 0 Å². The predicted octanol–water partition coefficient (Wildman–Crippen LogP) is 1.94. The van der Waals surface area contributed by atoms with E-state index in [1.54, 1.807) is 36.4 Å². The maximum Gasteiger partial charge on any atom is 0.337 e.